The van der Waals surface area contributed by atoms with E-state index in [1.54, 1.807) is 24.8 Å². The van der Waals surface area contributed by atoms with Crippen LogP contribution in [0.3, 0.4) is 0 Å². The molecule has 0 amide bonds. The van der Waals surface area contributed by atoms with Crippen molar-refractivity contribution in [1.29, 1.82) is 0 Å². The van der Waals surface area contributed by atoms with Crippen LogP contribution in [0, 0.1) is 0 Å². The fourth-order valence-corrected chi connectivity index (χ4v) is 1.52. The molecule has 0 radical (unpaired) electrons. The van der Waals surface area contributed by atoms with Crippen molar-refractivity contribution in [2.24, 2.45) is 0 Å². The minimum Gasteiger partial charge on any atom is -0.324 e. The van der Waals surface area contributed by atoms with E-state index in [1.807, 2.05) is 24.3 Å². The zero-order valence-electron chi connectivity index (χ0n) is 8.91. The first-order chi connectivity index (χ1) is 8.42. The fourth-order valence-electron chi connectivity index (χ4n) is 1.52. The van der Waals surface area contributed by atoms with Crippen LogP contribution in [-0.2, 0) is 0 Å². The molecule has 3 rings (SSSR count). The summed E-state index contributed by atoms with van der Waals surface area (Å²) in [5.74, 6) is 1.40. The number of anilines is 2. The molecule has 0 aromatic carbocycles. The molecule has 0 aliphatic carbocycles. The van der Waals surface area contributed by atoms with Crippen molar-refractivity contribution in [2.45, 2.75) is 0 Å². The summed E-state index contributed by atoms with van der Waals surface area (Å²) in [4.78, 5) is 16.7. The van der Waals surface area contributed by atoms with Crippen LogP contribution >= 0.6 is 0 Å². The Kier molecular flexibility index (Phi) is 2.34. The minimum atomic E-state index is 0.670. The molecule has 0 bridgehead atoms. The highest BCUT2D eigenvalue weighted by molar-refractivity contribution is 5.76. The summed E-state index contributed by atoms with van der Waals surface area (Å²) in [5.41, 5.74) is 1.72. The molecular weight excluding hydrogens is 214 g/mol. The molecule has 0 spiro atoms. The first-order valence-electron chi connectivity index (χ1n) is 5.17. The number of nitrogens with zero attached hydrogens (tertiary/aromatic N) is 4. The Morgan fingerprint density at radius 3 is 2.71 bits per heavy atom. The van der Waals surface area contributed by atoms with E-state index in [1.165, 1.54) is 0 Å². The number of nitrogens with one attached hydrogen (secondary N) is 1. The van der Waals surface area contributed by atoms with Gasteiger partial charge in [0.25, 0.3) is 0 Å². The third kappa shape index (κ3) is 2.03. The van der Waals surface area contributed by atoms with Crippen molar-refractivity contribution in [3.05, 3.63) is 49.1 Å². The standard InChI is InChI=1S/C12H9N5/c1-2-10-9(14-5-1)3-4-11(16-10)17-12-8-13-6-7-15-12/h1-8H,(H,15,16,17). The molecule has 0 aliphatic heterocycles. The molecule has 3 aromatic heterocycles. The van der Waals surface area contributed by atoms with Gasteiger partial charge in [0, 0.05) is 18.6 Å². The van der Waals surface area contributed by atoms with E-state index >= 15 is 0 Å². The molecule has 0 fully saturated rings. The normalized spacial score (nSPS) is 10.4. The largest absolute Gasteiger partial charge is 0.324 e. The summed E-state index contributed by atoms with van der Waals surface area (Å²) in [6.07, 6.45) is 6.66. The van der Waals surface area contributed by atoms with Gasteiger partial charge in [-0.1, -0.05) is 0 Å². The van der Waals surface area contributed by atoms with E-state index in [0.717, 1.165) is 16.9 Å². The second-order valence-electron chi connectivity index (χ2n) is 3.45. The average molecular weight is 223 g/mol. The Labute approximate surface area is 97.6 Å². The predicted octanol–water partition coefficient (Wildman–Crippen LogP) is 2.16. The van der Waals surface area contributed by atoms with E-state index < -0.39 is 0 Å². The van der Waals surface area contributed by atoms with Crippen molar-refractivity contribution in [3.63, 3.8) is 0 Å². The van der Waals surface area contributed by atoms with Gasteiger partial charge < -0.3 is 5.32 Å². The SMILES string of the molecule is c1cnc2ccc(Nc3cnccn3)nc2c1. The smallest absolute Gasteiger partial charge is 0.150 e. The van der Waals surface area contributed by atoms with Gasteiger partial charge in [0.05, 0.1) is 17.2 Å². The van der Waals surface area contributed by atoms with Gasteiger partial charge in [0.2, 0.25) is 0 Å². The third-order valence-electron chi connectivity index (χ3n) is 2.28. The van der Waals surface area contributed by atoms with Gasteiger partial charge >= 0.3 is 0 Å². The summed E-state index contributed by atoms with van der Waals surface area (Å²) in [6.45, 7) is 0. The monoisotopic (exact) mass is 223 g/mol. The van der Waals surface area contributed by atoms with Crippen LogP contribution < -0.4 is 5.32 Å². The molecule has 0 saturated carbocycles. The molecule has 0 aliphatic rings. The molecular formula is C12H9N5. The Hall–Kier alpha value is -2.56. The second-order valence-corrected chi connectivity index (χ2v) is 3.45. The number of rotatable bonds is 2. The summed E-state index contributed by atoms with van der Waals surface area (Å²) >= 11 is 0. The Morgan fingerprint density at radius 2 is 1.82 bits per heavy atom. The number of aromatic nitrogens is 4. The molecule has 0 saturated heterocycles. The van der Waals surface area contributed by atoms with Crippen molar-refractivity contribution in [1.82, 2.24) is 19.9 Å². The van der Waals surface area contributed by atoms with Gasteiger partial charge in [-0.15, -0.1) is 0 Å². The third-order valence-corrected chi connectivity index (χ3v) is 2.28. The lowest BCUT2D eigenvalue weighted by Gasteiger charge is -2.04. The van der Waals surface area contributed by atoms with Crippen molar-refractivity contribution < 1.29 is 0 Å². The van der Waals surface area contributed by atoms with Gasteiger partial charge in [0.15, 0.2) is 0 Å². The lowest BCUT2D eigenvalue weighted by atomic mass is 10.3. The Morgan fingerprint density at radius 1 is 0.824 bits per heavy atom. The van der Waals surface area contributed by atoms with Gasteiger partial charge in [-0.2, -0.15) is 0 Å². The zero-order chi connectivity index (χ0) is 11.5. The van der Waals surface area contributed by atoms with E-state index in [4.69, 9.17) is 0 Å². The molecule has 1 N–H and O–H groups in total. The molecule has 5 nitrogen and oxygen atoms in total. The molecule has 3 aromatic rings. The maximum absolute atomic E-state index is 4.43. The maximum atomic E-state index is 4.43. The molecule has 3 heterocycles. The fraction of sp³-hybridized carbons (Fsp3) is 0. The maximum Gasteiger partial charge on any atom is 0.150 e. The van der Waals surface area contributed by atoms with E-state index in [-0.39, 0.29) is 0 Å². The lowest BCUT2D eigenvalue weighted by Crippen LogP contribution is -1.96. The summed E-state index contributed by atoms with van der Waals surface area (Å²) in [6, 6.07) is 7.57. The van der Waals surface area contributed by atoms with Gasteiger partial charge in [-0.3, -0.25) is 9.97 Å². The van der Waals surface area contributed by atoms with E-state index in [0.29, 0.717) is 5.82 Å². The van der Waals surface area contributed by atoms with Crippen LogP contribution in [0.5, 0.6) is 0 Å². The molecule has 0 atom stereocenters. The lowest BCUT2D eigenvalue weighted by molar-refractivity contribution is 1.19. The molecule has 17 heavy (non-hydrogen) atoms. The zero-order valence-corrected chi connectivity index (χ0v) is 8.91. The molecule has 82 valence electrons. The highest BCUT2D eigenvalue weighted by atomic mass is 15.1. The van der Waals surface area contributed by atoms with Crippen LogP contribution in [0.25, 0.3) is 11.0 Å². The second kappa shape index (κ2) is 4.13. The number of pyridine rings is 2. The van der Waals surface area contributed by atoms with E-state index in [9.17, 15) is 0 Å². The minimum absolute atomic E-state index is 0.670. The van der Waals surface area contributed by atoms with Crippen molar-refractivity contribution in [3.8, 4) is 0 Å². The van der Waals surface area contributed by atoms with Crippen molar-refractivity contribution >= 4 is 22.7 Å². The number of hydrogen-bond acceptors (Lipinski definition) is 5. The highest BCUT2D eigenvalue weighted by Gasteiger charge is 1.99. The summed E-state index contributed by atoms with van der Waals surface area (Å²) in [5, 5.41) is 3.08. The summed E-state index contributed by atoms with van der Waals surface area (Å²) < 4.78 is 0. The van der Waals surface area contributed by atoms with E-state index in [2.05, 4.69) is 25.3 Å². The van der Waals surface area contributed by atoms with Crippen LogP contribution in [0.2, 0.25) is 0 Å². The quantitative estimate of drug-likeness (QED) is 0.721. The first kappa shape index (κ1) is 9.65. The molecule has 5 heteroatoms. The van der Waals surface area contributed by atoms with Crippen molar-refractivity contribution in [2.75, 3.05) is 5.32 Å². The Bertz CT molecular complexity index is 638. The van der Waals surface area contributed by atoms with Crippen LogP contribution in [0.15, 0.2) is 49.1 Å². The topological polar surface area (TPSA) is 63.6 Å². The van der Waals surface area contributed by atoms with Gasteiger partial charge in [-0.25, -0.2) is 9.97 Å². The van der Waals surface area contributed by atoms with Crippen LogP contribution in [-0.4, -0.2) is 19.9 Å². The number of hydrogen-bond donors (Lipinski definition) is 1. The van der Waals surface area contributed by atoms with Gasteiger partial charge in [0.1, 0.15) is 11.6 Å². The summed E-state index contributed by atoms with van der Waals surface area (Å²) in [7, 11) is 0. The molecule has 0 unspecified atom stereocenters. The van der Waals surface area contributed by atoms with Crippen LogP contribution in [0.4, 0.5) is 11.6 Å². The number of fused-ring (bicyclic) bond motifs is 1. The Balaban J connectivity index is 1.96. The van der Waals surface area contributed by atoms with Gasteiger partial charge in [-0.05, 0) is 24.3 Å². The first-order valence-corrected chi connectivity index (χ1v) is 5.17. The predicted molar refractivity (Wildman–Crippen MR) is 64.9 cm³/mol. The highest BCUT2D eigenvalue weighted by Crippen LogP contribution is 2.15. The average Bonchev–Trinajstić information content (AvgIpc) is 2.40. The van der Waals surface area contributed by atoms with Crippen LogP contribution in [0.1, 0.15) is 0 Å².